The Labute approximate surface area is 88.4 Å². The van der Waals surface area contributed by atoms with Crippen molar-refractivity contribution in [3.05, 3.63) is 11.8 Å². The summed E-state index contributed by atoms with van der Waals surface area (Å²) >= 11 is 0. The van der Waals surface area contributed by atoms with Crippen LogP contribution in [0.1, 0.15) is 31.4 Å². The van der Waals surface area contributed by atoms with Gasteiger partial charge in [0.15, 0.2) is 0 Å². The van der Waals surface area contributed by atoms with Gasteiger partial charge in [-0.15, -0.1) is 0 Å². The van der Waals surface area contributed by atoms with Crippen molar-refractivity contribution in [1.29, 1.82) is 5.26 Å². The van der Waals surface area contributed by atoms with Gasteiger partial charge < -0.3 is 10.5 Å². The van der Waals surface area contributed by atoms with E-state index in [4.69, 9.17) is 15.7 Å². The second kappa shape index (κ2) is 3.91. The number of hydrogen-bond donors (Lipinski definition) is 1. The first-order valence-electron chi connectivity index (χ1n) is 5.07. The van der Waals surface area contributed by atoms with Crippen molar-refractivity contribution in [3.8, 4) is 6.07 Å². The predicted molar refractivity (Wildman–Crippen MR) is 55.0 cm³/mol. The third-order valence-corrected chi connectivity index (χ3v) is 2.76. The molecule has 1 saturated heterocycles. The molecule has 2 N–H and O–H groups in total. The Bertz CT molecular complexity index is 393. The summed E-state index contributed by atoms with van der Waals surface area (Å²) in [6.07, 6.45) is 3.56. The molecule has 80 valence electrons. The highest BCUT2D eigenvalue weighted by atomic mass is 16.5. The average molecular weight is 206 g/mol. The number of nitrogens with two attached hydrogens (primary N) is 1. The molecule has 0 bridgehead atoms. The summed E-state index contributed by atoms with van der Waals surface area (Å²) in [5.74, 6) is 0.469. The summed E-state index contributed by atoms with van der Waals surface area (Å²) in [6, 6.07) is 2.29. The van der Waals surface area contributed by atoms with Crippen molar-refractivity contribution in [2.24, 2.45) is 0 Å². The van der Waals surface area contributed by atoms with Gasteiger partial charge in [0.2, 0.25) is 0 Å². The van der Waals surface area contributed by atoms with E-state index in [1.54, 1.807) is 4.68 Å². The molecule has 1 aliphatic rings. The lowest BCUT2D eigenvalue weighted by molar-refractivity contribution is 0.00399. The average Bonchev–Trinajstić information content (AvgIpc) is 2.59. The van der Waals surface area contributed by atoms with Gasteiger partial charge in [0, 0.05) is 6.61 Å². The topological polar surface area (TPSA) is 76.9 Å². The molecule has 15 heavy (non-hydrogen) atoms. The minimum absolute atomic E-state index is 0.234. The van der Waals surface area contributed by atoms with Crippen LogP contribution in [0.15, 0.2) is 6.20 Å². The molecule has 0 aromatic carbocycles. The zero-order valence-electron chi connectivity index (χ0n) is 8.68. The highest BCUT2D eigenvalue weighted by molar-refractivity contribution is 5.47. The minimum Gasteiger partial charge on any atom is -0.383 e. The van der Waals surface area contributed by atoms with Gasteiger partial charge in [-0.1, -0.05) is 0 Å². The molecule has 1 aromatic heterocycles. The zero-order valence-corrected chi connectivity index (χ0v) is 8.68. The molecule has 1 fully saturated rings. The van der Waals surface area contributed by atoms with Crippen LogP contribution >= 0.6 is 0 Å². The summed E-state index contributed by atoms with van der Waals surface area (Å²) in [4.78, 5) is 0. The Kier molecular flexibility index (Phi) is 2.60. The Balaban J connectivity index is 2.22. The van der Waals surface area contributed by atoms with Gasteiger partial charge in [0.25, 0.3) is 0 Å². The van der Waals surface area contributed by atoms with Crippen molar-refractivity contribution in [2.45, 2.75) is 31.9 Å². The molecule has 1 aromatic rings. The molecule has 0 radical (unpaired) electrons. The number of nitrogens with zero attached hydrogens (tertiary/aromatic N) is 3. The van der Waals surface area contributed by atoms with E-state index in [1.807, 2.05) is 13.0 Å². The van der Waals surface area contributed by atoms with Crippen LogP contribution in [0.25, 0.3) is 0 Å². The normalized spacial score (nSPS) is 26.1. The second-order valence-electron chi connectivity index (χ2n) is 3.86. The number of rotatable bonds is 1. The van der Waals surface area contributed by atoms with Crippen LogP contribution in [0.2, 0.25) is 0 Å². The first-order valence-corrected chi connectivity index (χ1v) is 5.07. The molecule has 2 heterocycles. The van der Waals surface area contributed by atoms with Crippen molar-refractivity contribution < 1.29 is 4.74 Å². The lowest BCUT2D eigenvalue weighted by Crippen LogP contribution is -2.26. The predicted octanol–water partition coefficient (Wildman–Crippen LogP) is 1.08. The molecule has 2 atom stereocenters. The van der Waals surface area contributed by atoms with E-state index in [0.717, 1.165) is 19.4 Å². The quantitative estimate of drug-likeness (QED) is 0.745. The van der Waals surface area contributed by atoms with Gasteiger partial charge >= 0.3 is 0 Å². The molecular weight excluding hydrogens is 192 g/mol. The molecule has 0 spiro atoms. The van der Waals surface area contributed by atoms with E-state index in [0.29, 0.717) is 11.4 Å². The fourth-order valence-corrected chi connectivity index (χ4v) is 1.95. The maximum Gasteiger partial charge on any atom is 0.140 e. The smallest absolute Gasteiger partial charge is 0.140 e. The van der Waals surface area contributed by atoms with Crippen LogP contribution in [-0.2, 0) is 4.74 Å². The molecule has 5 heteroatoms. The van der Waals surface area contributed by atoms with Crippen LogP contribution in [0.3, 0.4) is 0 Å². The third-order valence-electron chi connectivity index (χ3n) is 2.76. The van der Waals surface area contributed by atoms with E-state index >= 15 is 0 Å². The maximum absolute atomic E-state index is 8.77. The Morgan fingerprint density at radius 1 is 1.73 bits per heavy atom. The van der Waals surface area contributed by atoms with E-state index in [9.17, 15) is 0 Å². The number of anilines is 1. The van der Waals surface area contributed by atoms with E-state index in [1.165, 1.54) is 6.20 Å². The lowest BCUT2D eigenvalue weighted by Gasteiger charge is -2.27. The number of nitriles is 1. The molecule has 5 nitrogen and oxygen atoms in total. The van der Waals surface area contributed by atoms with Crippen molar-refractivity contribution in [3.63, 3.8) is 0 Å². The molecule has 2 rings (SSSR count). The number of hydrogen-bond acceptors (Lipinski definition) is 4. The Hall–Kier alpha value is -1.54. The first-order chi connectivity index (χ1) is 7.22. The molecule has 0 aliphatic carbocycles. The molecule has 1 unspecified atom stereocenters. The van der Waals surface area contributed by atoms with Crippen LogP contribution in [0.4, 0.5) is 5.82 Å². The zero-order chi connectivity index (χ0) is 10.8. The van der Waals surface area contributed by atoms with E-state index in [2.05, 4.69) is 5.10 Å². The van der Waals surface area contributed by atoms with Crippen molar-refractivity contribution in [1.82, 2.24) is 9.78 Å². The van der Waals surface area contributed by atoms with Gasteiger partial charge in [-0.05, 0) is 19.8 Å². The fourth-order valence-electron chi connectivity index (χ4n) is 1.95. The van der Waals surface area contributed by atoms with Crippen molar-refractivity contribution >= 4 is 5.82 Å². The largest absolute Gasteiger partial charge is 0.383 e. The van der Waals surface area contributed by atoms with Crippen molar-refractivity contribution in [2.75, 3.05) is 12.3 Å². The summed E-state index contributed by atoms with van der Waals surface area (Å²) in [6.45, 7) is 2.77. The molecule has 0 amide bonds. The maximum atomic E-state index is 8.77. The Morgan fingerprint density at radius 3 is 3.13 bits per heavy atom. The van der Waals surface area contributed by atoms with Gasteiger partial charge in [-0.3, -0.25) is 0 Å². The SMILES string of the molecule is C[C@H]1CC(n2ncc(C#N)c2N)CCO1. The monoisotopic (exact) mass is 206 g/mol. The number of ether oxygens (including phenoxy) is 1. The standard InChI is InChI=1S/C10H14N4O/c1-7-4-9(2-3-15-7)14-10(12)8(5-11)6-13-14/h6-7,9H,2-4,12H2,1H3/t7-,9?/m0/s1. The fraction of sp³-hybridized carbons (Fsp3) is 0.600. The van der Waals surface area contributed by atoms with Crippen LogP contribution in [-0.4, -0.2) is 22.5 Å². The van der Waals surface area contributed by atoms with E-state index < -0.39 is 0 Å². The van der Waals surface area contributed by atoms with Crippen LogP contribution in [0, 0.1) is 11.3 Å². The molecule has 0 saturated carbocycles. The summed E-state index contributed by atoms with van der Waals surface area (Å²) in [5.41, 5.74) is 6.28. The lowest BCUT2D eigenvalue weighted by atomic mass is 10.0. The highest BCUT2D eigenvalue weighted by Gasteiger charge is 2.23. The number of aromatic nitrogens is 2. The van der Waals surface area contributed by atoms with Gasteiger partial charge in [-0.2, -0.15) is 10.4 Å². The van der Waals surface area contributed by atoms with Crippen LogP contribution in [0.5, 0.6) is 0 Å². The third kappa shape index (κ3) is 1.81. The first kappa shape index (κ1) is 9.99. The second-order valence-corrected chi connectivity index (χ2v) is 3.86. The van der Waals surface area contributed by atoms with Gasteiger partial charge in [-0.25, -0.2) is 4.68 Å². The summed E-state index contributed by atoms with van der Waals surface area (Å²) < 4.78 is 7.20. The Morgan fingerprint density at radius 2 is 2.53 bits per heavy atom. The highest BCUT2D eigenvalue weighted by Crippen LogP contribution is 2.27. The number of nitrogen functional groups attached to an aromatic ring is 1. The summed E-state index contributed by atoms with van der Waals surface area (Å²) in [7, 11) is 0. The van der Waals surface area contributed by atoms with Gasteiger partial charge in [0.1, 0.15) is 17.5 Å². The molecule has 1 aliphatic heterocycles. The van der Waals surface area contributed by atoms with Gasteiger partial charge in [0.05, 0.1) is 18.3 Å². The molecular formula is C10H14N4O. The van der Waals surface area contributed by atoms with E-state index in [-0.39, 0.29) is 12.1 Å². The summed E-state index contributed by atoms with van der Waals surface area (Å²) in [5, 5.41) is 12.9. The minimum atomic E-state index is 0.234. The van der Waals surface area contributed by atoms with Crippen LogP contribution < -0.4 is 5.73 Å².